The van der Waals surface area contributed by atoms with Crippen molar-refractivity contribution in [2.45, 2.75) is 39.7 Å². The fourth-order valence-corrected chi connectivity index (χ4v) is 4.31. The van der Waals surface area contributed by atoms with Crippen LogP contribution < -0.4 is 10.4 Å². The maximum atomic E-state index is 12.8. The lowest BCUT2D eigenvalue weighted by Gasteiger charge is -2.31. The van der Waals surface area contributed by atoms with Crippen molar-refractivity contribution in [3.05, 3.63) is 58.5 Å². The maximum Gasteiger partial charge on any atom is 0.345 e. The summed E-state index contributed by atoms with van der Waals surface area (Å²) in [5.41, 5.74) is 3.58. The highest BCUT2D eigenvalue weighted by molar-refractivity contribution is 5.82. The Morgan fingerprint density at radius 1 is 1.13 bits per heavy atom. The molecule has 0 aliphatic carbocycles. The van der Waals surface area contributed by atoms with Gasteiger partial charge < -0.3 is 18.5 Å². The number of benzene rings is 1. The zero-order valence-electron chi connectivity index (χ0n) is 18.1. The number of hydrogen-bond acceptors (Lipinski definition) is 6. The average molecular weight is 418 g/mol. The van der Waals surface area contributed by atoms with Gasteiger partial charge >= 0.3 is 5.63 Å². The van der Waals surface area contributed by atoms with Crippen molar-refractivity contribution >= 4 is 16.6 Å². The van der Waals surface area contributed by atoms with Crippen molar-refractivity contribution in [2.24, 2.45) is 0 Å². The third-order valence-corrected chi connectivity index (χ3v) is 5.99. The van der Waals surface area contributed by atoms with E-state index in [0.29, 0.717) is 16.8 Å². The SMILES string of the molecule is CCN1CCC(Oc2ccc3cc(-c4cn5cc(C)nc(C)c5n4)c(=O)oc3c2)CC1. The molecule has 0 spiro atoms. The molecular formula is C24H26N4O3. The quantitative estimate of drug-likeness (QED) is 0.467. The third-order valence-electron chi connectivity index (χ3n) is 5.99. The molecule has 1 saturated heterocycles. The highest BCUT2D eigenvalue weighted by atomic mass is 16.5. The molecule has 0 atom stereocenters. The van der Waals surface area contributed by atoms with Crippen molar-refractivity contribution in [1.82, 2.24) is 19.3 Å². The van der Waals surface area contributed by atoms with Gasteiger partial charge in [0.25, 0.3) is 0 Å². The molecule has 1 fully saturated rings. The van der Waals surface area contributed by atoms with Crippen LogP contribution in [0.15, 0.2) is 45.9 Å². The molecule has 0 saturated carbocycles. The van der Waals surface area contributed by atoms with Crippen molar-refractivity contribution in [3.8, 4) is 17.0 Å². The number of likely N-dealkylation sites (tertiary alicyclic amines) is 1. The zero-order valence-corrected chi connectivity index (χ0v) is 18.1. The Hall–Kier alpha value is -3.19. The van der Waals surface area contributed by atoms with Gasteiger partial charge in [-0.3, -0.25) is 4.98 Å². The van der Waals surface area contributed by atoms with Crippen LogP contribution in [-0.2, 0) is 0 Å². The zero-order chi connectivity index (χ0) is 21.5. The van der Waals surface area contributed by atoms with Crippen LogP contribution >= 0.6 is 0 Å². The van der Waals surface area contributed by atoms with Gasteiger partial charge in [-0.1, -0.05) is 6.92 Å². The first kappa shape index (κ1) is 19.8. The second kappa shape index (κ2) is 7.81. The van der Waals surface area contributed by atoms with Gasteiger partial charge in [0.15, 0.2) is 5.65 Å². The Morgan fingerprint density at radius 2 is 1.94 bits per heavy atom. The predicted molar refractivity (Wildman–Crippen MR) is 120 cm³/mol. The first-order valence-corrected chi connectivity index (χ1v) is 10.8. The number of hydrogen-bond donors (Lipinski definition) is 0. The summed E-state index contributed by atoms with van der Waals surface area (Å²) in [6.45, 7) is 9.23. The van der Waals surface area contributed by atoms with E-state index in [9.17, 15) is 4.79 Å². The first-order chi connectivity index (χ1) is 15.0. The van der Waals surface area contributed by atoms with Gasteiger partial charge in [0.1, 0.15) is 17.4 Å². The van der Waals surface area contributed by atoms with Crippen molar-refractivity contribution in [1.29, 1.82) is 0 Å². The van der Waals surface area contributed by atoms with E-state index in [1.807, 2.05) is 54.9 Å². The minimum Gasteiger partial charge on any atom is -0.490 e. The lowest BCUT2D eigenvalue weighted by atomic mass is 10.1. The summed E-state index contributed by atoms with van der Waals surface area (Å²) in [6, 6.07) is 7.53. The minimum absolute atomic E-state index is 0.199. The Morgan fingerprint density at radius 3 is 2.71 bits per heavy atom. The molecule has 160 valence electrons. The number of nitrogens with zero attached hydrogens (tertiary/aromatic N) is 4. The summed E-state index contributed by atoms with van der Waals surface area (Å²) in [5, 5.41) is 0.839. The van der Waals surface area contributed by atoms with Gasteiger partial charge in [-0.05, 0) is 51.4 Å². The highest BCUT2D eigenvalue weighted by Gasteiger charge is 2.20. The molecule has 3 aromatic heterocycles. The normalized spacial score (nSPS) is 15.7. The van der Waals surface area contributed by atoms with E-state index in [4.69, 9.17) is 9.15 Å². The Bertz CT molecular complexity index is 1320. The summed E-state index contributed by atoms with van der Waals surface area (Å²) in [7, 11) is 0. The van der Waals surface area contributed by atoms with Crippen molar-refractivity contribution in [2.75, 3.05) is 19.6 Å². The number of ether oxygens (including phenoxy) is 1. The lowest BCUT2D eigenvalue weighted by Crippen LogP contribution is -2.37. The molecule has 4 heterocycles. The molecule has 7 nitrogen and oxygen atoms in total. The van der Waals surface area contributed by atoms with Gasteiger partial charge in [0, 0.05) is 36.9 Å². The summed E-state index contributed by atoms with van der Waals surface area (Å²) >= 11 is 0. The topological polar surface area (TPSA) is 72.9 Å². The van der Waals surface area contributed by atoms with E-state index in [2.05, 4.69) is 21.8 Å². The van der Waals surface area contributed by atoms with Crippen LogP contribution in [0.5, 0.6) is 5.75 Å². The fourth-order valence-electron chi connectivity index (χ4n) is 4.31. The number of piperidine rings is 1. The molecule has 31 heavy (non-hydrogen) atoms. The first-order valence-electron chi connectivity index (χ1n) is 10.8. The molecule has 1 aliphatic rings. The number of rotatable bonds is 4. The molecule has 0 N–H and O–H groups in total. The summed E-state index contributed by atoms with van der Waals surface area (Å²) in [6.07, 6.45) is 5.96. The van der Waals surface area contributed by atoms with E-state index in [1.165, 1.54) is 0 Å². The molecule has 5 rings (SSSR count). The monoisotopic (exact) mass is 418 g/mol. The molecular weight excluding hydrogens is 392 g/mol. The van der Waals surface area contributed by atoms with Crippen LogP contribution in [0, 0.1) is 13.8 Å². The second-order valence-electron chi connectivity index (χ2n) is 8.22. The lowest BCUT2D eigenvalue weighted by molar-refractivity contribution is 0.104. The predicted octanol–water partition coefficient (Wildman–Crippen LogP) is 3.98. The van der Waals surface area contributed by atoms with Crippen LogP contribution in [0.4, 0.5) is 0 Å². The molecule has 4 aromatic rings. The third kappa shape index (κ3) is 3.81. The molecule has 0 radical (unpaired) electrons. The summed E-state index contributed by atoms with van der Waals surface area (Å²) in [5.74, 6) is 0.739. The standard InChI is InChI=1S/C24H26N4O3/c1-4-27-9-7-18(8-10-27)30-19-6-5-17-11-20(24(29)31-22(17)12-19)21-14-28-13-15(2)25-16(3)23(28)26-21/h5-6,11-14,18H,4,7-10H2,1-3H3. The van der Waals surface area contributed by atoms with Gasteiger partial charge in [-0.15, -0.1) is 0 Å². The molecule has 7 heteroatoms. The van der Waals surface area contributed by atoms with E-state index in [0.717, 1.165) is 60.6 Å². The smallest absolute Gasteiger partial charge is 0.345 e. The van der Waals surface area contributed by atoms with E-state index in [-0.39, 0.29) is 6.10 Å². The minimum atomic E-state index is -0.411. The Labute approximate surface area is 180 Å². The molecule has 0 amide bonds. The molecule has 0 unspecified atom stereocenters. The van der Waals surface area contributed by atoms with Crippen LogP contribution in [-0.4, -0.2) is 45.0 Å². The number of aromatic nitrogens is 3. The summed E-state index contributed by atoms with van der Waals surface area (Å²) < 4.78 is 13.7. The second-order valence-corrected chi connectivity index (χ2v) is 8.22. The van der Waals surface area contributed by atoms with Gasteiger partial charge in [0.2, 0.25) is 0 Å². The summed E-state index contributed by atoms with van der Waals surface area (Å²) in [4.78, 5) is 24.2. The number of imidazole rings is 1. The maximum absolute atomic E-state index is 12.8. The van der Waals surface area contributed by atoms with Gasteiger partial charge in [-0.25, -0.2) is 9.78 Å². The van der Waals surface area contributed by atoms with Crippen LogP contribution in [0.2, 0.25) is 0 Å². The molecule has 0 bridgehead atoms. The van der Waals surface area contributed by atoms with Crippen molar-refractivity contribution < 1.29 is 9.15 Å². The van der Waals surface area contributed by atoms with E-state index in [1.54, 1.807) is 0 Å². The van der Waals surface area contributed by atoms with Crippen molar-refractivity contribution in [3.63, 3.8) is 0 Å². The van der Waals surface area contributed by atoms with E-state index < -0.39 is 5.63 Å². The van der Waals surface area contributed by atoms with Crippen LogP contribution in [0.1, 0.15) is 31.2 Å². The van der Waals surface area contributed by atoms with Crippen LogP contribution in [0.3, 0.4) is 0 Å². The molecule has 1 aromatic carbocycles. The fraction of sp³-hybridized carbons (Fsp3) is 0.375. The Balaban J connectivity index is 1.44. The highest BCUT2D eigenvalue weighted by Crippen LogP contribution is 2.26. The van der Waals surface area contributed by atoms with Gasteiger partial charge in [-0.2, -0.15) is 0 Å². The largest absolute Gasteiger partial charge is 0.490 e. The molecule has 1 aliphatic heterocycles. The number of fused-ring (bicyclic) bond motifs is 2. The van der Waals surface area contributed by atoms with Gasteiger partial charge in [0.05, 0.1) is 22.6 Å². The Kier molecular flexibility index (Phi) is 4.98. The number of aryl methyl sites for hydroxylation is 2. The van der Waals surface area contributed by atoms with Crippen LogP contribution in [0.25, 0.3) is 27.9 Å². The average Bonchev–Trinajstić information content (AvgIpc) is 3.18. The van der Waals surface area contributed by atoms with E-state index >= 15 is 0 Å².